The van der Waals surface area contributed by atoms with E-state index in [1.165, 1.54) is 44.9 Å². The summed E-state index contributed by atoms with van der Waals surface area (Å²) in [5.41, 5.74) is 12.6. The van der Waals surface area contributed by atoms with E-state index in [2.05, 4.69) is 24.5 Å². The number of rotatable bonds is 2. The van der Waals surface area contributed by atoms with Gasteiger partial charge in [0.15, 0.2) is 0 Å². The van der Waals surface area contributed by atoms with Crippen LogP contribution in [0.5, 0.6) is 0 Å². The number of hydrazine groups is 1. The van der Waals surface area contributed by atoms with Crippen molar-refractivity contribution in [3.05, 3.63) is 5.53 Å². The molecule has 0 aromatic rings. The molecule has 0 aromatic heterocycles. The Bertz CT molecular complexity index is 483. The number of fused-ring (bicyclic) bond motifs is 5. The van der Waals surface area contributed by atoms with Gasteiger partial charge in [0.25, 0.3) is 0 Å². The van der Waals surface area contributed by atoms with Crippen LogP contribution < -0.4 is 10.6 Å². The van der Waals surface area contributed by atoms with E-state index >= 15 is 0 Å². The van der Waals surface area contributed by atoms with E-state index in [-0.39, 0.29) is 11.5 Å². The van der Waals surface area contributed by atoms with Gasteiger partial charge in [0.2, 0.25) is 0 Å². The third-order valence-electron chi connectivity index (χ3n) is 8.88. The Labute approximate surface area is 140 Å². The summed E-state index contributed by atoms with van der Waals surface area (Å²) in [5.74, 6) is 3.24. The van der Waals surface area contributed by atoms with Gasteiger partial charge in [-0.05, 0) is 92.3 Å². The zero-order chi connectivity index (χ0) is 16.2. The lowest BCUT2D eigenvalue weighted by atomic mass is 9.45. The Hall–Kier alpha value is -0.640. The molecule has 0 heterocycles. The number of aliphatic hydroxyl groups excluding tert-OH is 1. The van der Waals surface area contributed by atoms with Gasteiger partial charge < -0.3 is 5.11 Å². The Morgan fingerprint density at radius 1 is 0.957 bits per heavy atom. The molecule has 4 saturated carbocycles. The van der Waals surface area contributed by atoms with Crippen molar-refractivity contribution in [3.63, 3.8) is 0 Å². The molecule has 0 bridgehead atoms. The molecule has 0 spiro atoms. The van der Waals surface area contributed by atoms with Crippen molar-refractivity contribution in [1.82, 2.24) is 5.43 Å². The molecule has 4 aliphatic rings. The first-order valence-electron chi connectivity index (χ1n) is 9.81. The average Bonchev–Trinajstić information content (AvgIpc) is 2.84. The third-order valence-corrected chi connectivity index (χ3v) is 8.88. The maximum atomic E-state index is 10.5. The fourth-order valence-corrected chi connectivity index (χ4v) is 7.45. The molecule has 3 N–H and O–H groups in total. The zero-order valence-corrected chi connectivity index (χ0v) is 14.7. The lowest BCUT2D eigenvalue weighted by Crippen LogP contribution is -2.78. The van der Waals surface area contributed by atoms with Crippen molar-refractivity contribution in [2.24, 2.45) is 34.5 Å². The summed E-state index contributed by atoms with van der Waals surface area (Å²) in [4.78, 5) is 0. The van der Waals surface area contributed by atoms with Crippen molar-refractivity contribution in [3.8, 4) is 0 Å². The van der Waals surface area contributed by atoms with E-state index < -0.39 is 0 Å². The molecule has 4 rings (SSSR count). The molecule has 0 unspecified atom stereocenters. The predicted molar refractivity (Wildman–Crippen MR) is 89.0 cm³/mol. The highest BCUT2D eigenvalue weighted by atomic mass is 16.3. The van der Waals surface area contributed by atoms with Gasteiger partial charge in [-0.1, -0.05) is 13.8 Å². The van der Waals surface area contributed by atoms with Crippen LogP contribution in [-0.4, -0.2) is 17.3 Å². The topological polar surface area (TPSA) is 68.5 Å². The molecular weight excluding hydrogens is 286 g/mol. The van der Waals surface area contributed by atoms with Crippen molar-refractivity contribution in [2.75, 3.05) is 0 Å². The van der Waals surface area contributed by atoms with Gasteiger partial charge in [-0.15, -0.1) is 0 Å². The van der Waals surface area contributed by atoms with E-state index in [4.69, 9.17) is 5.53 Å². The Morgan fingerprint density at radius 2 is 1.70 bits per heavy atom. The Morgan fingerprint density at radius 3 is 2.48 bits per heavy atom. The summed E-state index contributed by atoms with van der Waals surface area (Å²) in [5, 5.41) is 12.7. The number of hydrogen-bond acceptors (Lipinski definition) is 1. The van der Waals surface area contributed by atoms with E-state index in [0.29, 0.717) is 11.5 Å². The summed E-state index contributed by atoms with van der Waals surface area (Å²) < 4.78 is 0. The van der Waals surface area contributed by atoms with Crippen molar-refractivity contribution < 1.29 is 10.3 Å². The maximum Gasteiger partial charge on any atom is 0.0596 e. The number of hydrogen-bond donors (Lipinski definition) is 3. The largest absolute Gasteiger partial charge is 0.393 e. The molecule has 0 saturated heterocycles. The van der Waals surface area contributed by atoms with Crippen LogP contribution in [0.1, 0.15) is 71.6 Å². The number of nitrogens with zero attached hydrogens (tertiary/aromatic N) is 1. The highest BCUT2D eigenvalue weighted by Gasteiger charge is 2.59. The molecule has 8 atom stereocenters. The molecule has 4 aliphatic carbocycles. The smallest absolute Gasteiger partial charge is 0.0596 e. The lowest BCUT2D eigenvalue weighted by Gasteiger charge is -2.61. The first-order chi connectivity index (χ1) is 11.0. The van der Waals surface area contributed by atoms with Gasteiger partial charge in [-0.3, -0.25) is 5.43 Å². The van der Waals surface area contributed by atoms with Gasteiger partial charge >= 0.3 is 0 Å². The van der Waals surface area contributed by atoms with Gasteiger partial charge in [-0.2, -0.15) is 10.8 Å². The molecule has 4 fully saturated rings. The third kappa shape index (κ3) is 2.20. The van der Waals surface area contributed by atoms with Crippen LogP contribution in [0.25, 0.3) is 5.53 Å². The molecule has 0 aliphatic heterocycles. The molecule has 130 valence electrons. The van der Waals surface area contributed by atoms with Crippen LogP contribution in [0, 0.1) is 34.5 Å². The SMILES string of the molecule is C[C@]12CC[C@@H](N[NH+]=[N-])C[C@@H]1CC[C@@H]1[C@H]2CC[C@]2(C)[C@H](O)CC[C@H]12. The highest BCUT2D eigenvalue weighted by Crippen LogP contribution is 2.66. The minimum absolute atomic E-state index is 0.0606. The average molecular weight is 319 g/mol. The fourth-order valence-electron chi connectivity index (χ4n) is 7.45. The second-order valence-electron chi connectivity index (χ2n) is 9.52. The quantitative estimate of drug-likeness (QED) is 0.540. The monoisotopic (exact) mass is 319 g/mol. The Balaban J connectivity index is 1.56. The second-order valence-corrected chi connectivity index (χ2v) is 9.52. The van der Waals surface area contributed by atoms with Crippen LogP contribution in [0.2, 0.25) is 0 Å². The standard InChI is InChI=1S/C19H33N3O/c1-18-9-7-13(21-22-20)11-12(18)3-4-14-15-5-6-17(23)19(15,2)10-8-16(14)18/h12-17,22-23H,3-11H2,1-2H3,(H-,20,21)/t12-,13+,14-,15+,16+,17+,18-,19-/m0/s1. The van der Waals surface area contributed by atoms with Gasteiger partial charge in [0.1, 0.15) is 0 Å². The molecule has 0 radical (unpaired) electrons. The van der Waals surface area contributed by atoms with Crippen LogP contribution in [0.15, 0.2) is 0 Å². The van der Waals surface area contributed by atoms with E-state index in [0.717, 1.165) is 36.5 Å². The van der Waals surface area contributed by atoms with Crippen LogP contribution in [0.4, 0.5) is 0 Å². The molecule has 4 nitrogen and oxygen atoms in total. The normalized spacial score (nSPS) is 55.4. The highest BCUT2D eigenvalue weighted by molar-refractivity contribution is 5.09. The number of aliphatic hydroxyl groups is 1. The summed E-state index contributed by atoms with van der Waals surface area (Å²) in [7, 11) is 0. The van der Waals surface area contributed by atoms with Crippen molar-refractivity contribution in [1.29, 1.82) is 0 Å². The molecule has 23 heavy (non-hydrogen) atoms. The summed E-state index contributed by atoms with van der Waals surface area (Å²) in [6, 6.07) is 0.414. The van der Waals surface area contributed by atoms with Crippen LogP contribution in [0.3, 0.4) is 0 Å². The molecular formula is C19H33N3O. The number of nitrogens with one attached hydrogen (secondary N) is 2. The van der Waals surface area contributed by atoms with Crippen LogP contribution >= 0.6 is 0 Å². The predicted octanol–water partition coefficient (Wildman–Crippen LogP) is 2.37. The summed E-state index contributed by atoms with van der Waals surface area (Å²) >= 11 is 0. The molecule has 4 heteroatoms. The minimum atomic E-state index is -0.0606. The summed E-state index contributed by atoms with van der Waals surface area (Å²) in [6.07, 6.45) is 11.1. The van der Waals surface area contributed by atoms with E-state index in [1.54, 1.807) is 0 Å². The van der Waals surface area contributed by atoms with Gasteiger partial charge in [-0.25, -0.2) is 0 Å². The zero-order valence-electron chi connectivity index (χ0n) is 14.7. The molecule has 0 aromatic carbocycles. The van der Waals surface area contributed by atoms with Gasteiger partial charge in [0, 0.05) is 6.04 Å². The Kier molecular flexibility index (Phi) is 3.75. The second kappa shape index (κ2) is 5.44. The summed E-state index contributed by atoms with van der Waals surface area (Å²) in [6.45, 7) is 4.93. The van der Waals surface area contributed by atoms with Gasteiger partial charge in [0.05, 0.1) is 6.10 Å². The van der Waals surface area contributed by atoms with Crippen molar-refractivity contribution in [2.45, 2.75) is 83.8 Å². The van der Waals surface area contributed by atoms with Crippen LogP contribution in [-0.2, 0) is 0 Å². The lowest BCUT2D eigenvalue weighted by molar-refractivity contribution is -0.557. The first kappa shape index (κ1) is 15.9. The fraction of sp³-hybridized carbons (Fsp3) is 1.00. The van der Waals surface area contributed by atoms with E-state index in [1.807, 2.05) is 0 Å². The minimum Gasteiger partial charge on any atom is -0.393 e. The van der Waals surface area contributed by atoms with Crippen molar-refractivity contribution >= 4 is 0 Å². The molecule has 0 amide bonds. The first-order valence-corrected chi connectivity index (χ1v) is 9.81. The maximum absolute atomic E-state index is 10.5. The van der Waals surface area contributed by atoms with E-state index in [9.17, 15) is 5.11 Å².